The van der Waals surface area contributed by atoms with Crippen molar-refractivity contribution in [3.63, 3.8) is 0 Å². The first-order chi connectivity index (χ1) is 9.75. The van der Waals surface area contributed by atoms with Crippen LogP contribution in [0.2, 0.25) is 5.02 Å². The largest absolute Gasteiger partial charge is 0.416 e. The van der Waals surface area contributed by atoms with Crippen molar-refractivity contribution in [1.82, 2.24) is 0 Å². The van der Waals surface area contributed by atoms with Gasteiger partial charge in [-0.3, -0.25) is 0 Å². The number of halogens is 6. The minimum Gasteiger partial charge on any atom is -0.380 e. The van der Waals surface area contributed by atoms with E-state index >= 15 is 0 Å². The minimum absolute atomic E-state index is 0.0414. The van der Waals surface area contributed by atoms with Gasteiger partial charge >= 0.3 is 6.18 Å². The summed E-state index contributed by atoms with van der Waals surface area (Å²) in [6.45, 7) is 0.238. The van der Waals surface area contributed by atoms with E-state index in [1.54, 1.807) is 6.07 Å². The number of anilines is 1. The summed E-state index contributed by atoms with van der Waals surface area (Å²) in [4.78, 5) is 0. The van der Waals surface area contributed by atoms with Gasteiger partial charge in [0, 0.05) is 11.0 Å². The molecule has 0 atom stereocenters. The van der Waals surface area contributed by atoms with Crippen molar-refractivity contribution < 1.29 is 17.6 Å². The number of benzene rings is 2. The van der Waals surface area contributed by atoms with E-state index in [9.17, 15) is 17.6 Å². The van der Waals surface area contributed by atoms with Crippen molar-refractivity contribution in [2.45, 2.75) is 12.7 Å². The molecule has 1 nitrogen and oxygen atoms in total. The first kappa shape index (κ1) is 16.1. The third kappa shape index (κ3) is 4.35. The summed E-state index contributed by atoms with van der Waals surface area (Å²) in [7, 11) is 0. The average molecular weight is 383 g/mol. The average Bonchev–Trinajstić information content (AvgIpc) is 2.35. The molecule has 2 aromatic rings. The lowest BCUT2D eigenvalue weighted by atomic mass is 10.2. The maximum atomic E-state index is 13.2. The van der Waals surface area contributed by atoms with Crippen LogP contribution in [0.25, 0.3) is 0 Å². The lowest BCUT2D eigenvalue weighted by Gasteiger charge is -2.12. The molecule has 0 aliphatic rings. The second kappa shape index (κ2) is 6.23. The summed E-state index contributed by atoms with van der Waals surface area (Å²) >= 11 is 8.98. The van der Waals surface area contributed by atoms with E-state index in [0.717, 1.165) is 12.1 Å². The Morgan fingerprint density at radius 1 is 1.10 bits per heavy atom. The Balaban J connectivity index is 2.13. The fraction of sp³-hybridized carbons (Fsp3) is 0.143. The van der Waals surface area contributed by atoms with Crippen LogP contribution in [0.3, 0.4) is 0 Å². The normalized spacial score (nSPS) is 11.5. The lowest BCUT2D eigenvalue weighted by molar-refractivity contribution is -0.137. The van der Waals surface area contributed by atoms with Crippen LogP contribution in [0.15, 0.2) is 40.9 Å². The monoisotopic (exact) mass is 381 g/mol. The number of hydrogen-bond acceptors (Lipinski definition) is 1. The number of alkyl halides is 3. The van der Waals surface area contributed by atoms with Crippen LogP contribution in [-0.2, 0) is 12.7 Å². The van der Waals surface area contributed by atoms with Gasteiger partial charge in [0.15, 0.2) is 0 Å². The van der Waals surface area contributed by atoms with Crippen molar-refractivity contribution in [2.24, 2.45) is 0 Å². The van der Waals surface area contributed by atoms with Gasteiger partial charge in [-0.15, -0.1) is 0 Å². The number of rotatable bonds is 3. The zero-order chi connectivity index (χ0) is 15.6. The highest BCUT2D eigenvalue weighted by atomic mass is 79.9. The second-order valence-corrected chi connectivity index (χ2v) is 5.65. The van der Waals surface area contributed by atoms with Crippen LogP contribution < -0.4 is 5.32 Å². The van der Waals surface area contributed by atoms with Crippen LogP contribution in [0.1, 0.15) is 11.1 Å². The molecule has 0 bridgehead atoms. The van der Waals surface area contributed by atoms with Gasteiger partial charge in [0.1, 0.15) is 5.82 Å². The summed E-state index contributed by atoms with van der Waals surface area (Å²) < 4.78 is 51.3. The summed E-state index contributed by atoms with van der Waals surface area (Å²) in [6.07, 6.45) is -4.43. The molecule has 21 heavy (non-hydrogen) atoms. The molecule has 2 rings (SSSR count). The highest BCUT2D eigenvalue weighted by Gasteiger charge is 2.30. The molecule has 0 spiro atoms. The van der Waals surface area contributed by atoms with Gasteiger partial charge in [0.25, 0.3) is 0 Å². The van der Waals surface area contributed by atoms with Gasteiger partial charge in [-0.2, -0.15) is 13.2 Å². The van der Waals surface area contributed by atoms with E-state index < -0.39 is 17.6 Å². The first-order valence-electron chi connectivity index (χ1n) is 5.81. The molecule has 0 aliphatic carbocycles. The van der Waals surface area contributed by atoms with E-state index in [-0.39, 0.29) is 11.6 Å². The SMILES string of the molecule is Fc1cc(Br)cc(CNc2ccc(C(F)(F)F)cc2Cl)c1. The minimum atomic E-state index is -4.43. The van der Waals surface area contributed by atoms with E-state index in [2.05, 4.69) is 21.2 Å². The number of hydrogen-bond donors (Lipinski definition) is 1. The molecule has 0 radical (unpaired) electrons. The first-order valence-corrected chi connectivity index (χ1v) is 6.98. The van der Waals surface area contributed by atoms with Gasteiger partial charge in [0.05, 0.1) is 16.3 Å². The quantitative estimate of drug-likeness (QED) is 0.654. The standard InChI is InChI=1S/C14H9BrClF4N/c15-10-3-8(4-11(17)6-10)7-21-13-2-1-9(5-12(13)16)14(18,19)20/h1-6,21H,7H2. The Kier molecular flexibility index (Phi) is 4.78. The molecule has 0 unspecified atom stereocenters. The van der Waals surface area contributed by atoms with Crippen molar-refractivity contribution in [3.05, 3.63) is 62.8 Å². The maximum Gasteiger partial charge on any atom is 0.416 e. The number of nitrogens with one attached hydrogen (secondary N) is 1. The van der Waals surface area contributed by atoms with Crippen LogP contribution in [0.4, 0.5) is 23.2 Å². The molecule has 0 fully saturated rings. The maximum absolute atomic E-state index is 13.2. The molecule has 7 heteroatoms. The molecular formula is C14H9BrClF4N. The van der Waals surface area contributed by atoms with Gasteiger partial charge in [-0.25, -0.2) is 4.39 Å². The fourth-order valence-corrected chi connectivity index (χ4v) is 2.51. The Morgan fingerprint density at radius 3 is 2.38 bits per heavy atom. The Hall–Kier alpha value is -1.27. The second-order valence-electron chi connectivity index (χ2n) is 4.32. The highest BCUT2D eigenvalue weighted by molar-refractivity contribution is 9.10. The molecule has 0 amide bonds. The van der Waals surface area contributed by atoms with E-state index in [0.29, 0.717) is 15.7 Å². The molecule has 1 N–H and O–H groups in total. The van der Waals surface area contributed by atoms with Crippen LogP contribution >= 0.6 is 27.5 Å². The molecule has 0 aliphatic heterocycles. The molecule has 112 valence electrons. The fourth-order valence-electron chi connectivity index (χ4n) is 1.75. The predicted octanol–water partition coefficient (Wildman–Crippen LogP) is 5.87. The van der Waals surface area contributed by atoms with Crippen molar-refractivity contribution >= 4 is 33.2 Å². The molecular weight excluding hydrogens is 374 g/mol. The van der Waals surface area contributed by atoms with Crippen molar-refractivity contribution in [1.29, 1.82) is 0 Å². The molecule has 0 saturated carbocycles. The van der Waals surface area contributed by atoms with E-state index in [1.165, 1.54) is 18.2 Å². The smallest absolute Gasteiger partial charge is 0.380 e. The van der Waals surface area contributed by atoms with E-state index in [1.807, 2.05) is 0 Å². The summed E-state index contributed by atoms with van der Waals surface area (Å²) in [5.41, 5.74) is 0.175. The Labute approximate surface area is 132 Å². The van der Waals surface area contributed by atoms with E-state index in [4.69, 9.17) is 11.6 Å². The van der Waals surface area contributed by atoms with Crippen LogP contribution in [-0.4, -0.2) is 0 Å². The van der Waals surface area contributed by atoms with Gasteiger partial charge in [-0.1, -0.05) is 27.5 Å². The summed E-state index contributed by atoms with van der Waals surface area (Å²) in [6, 6.07) is 7.39. The Bertz CT molecular complexity index is 638. The third-order valence-electron chi connectivity index (χ3n) is 2.70. The van der Waals surface area contributed by atoms with Crippen LogP contribution in [0.5, 0.6) is 0 Å². The molecule has 0 saturated heterocycles. The predicted molar refractivity (Wildman–Crippen MR) is 77.9 cm³/mol. The zero-order valence-corrected chi connectivity index (χ0v) is 12.8. The van der Waals surface area contributed by atoms with Crippen molar-refractivity contribution in [2.75, 3.05) is 5.32 Å². The molecule has 2 aromatic carbocycles. The lowest BCUT2D eigenvalue weighted by Crippen LogP contribution is -2.06. The highest BCUT2D eigenvalue weighted by Crippen LogP contribution is 2.33. The summed E-state index contributed by atoms with van der Waals surface area (Å²) in [5.74, 6) is -0.403. The molecule has 0 heterocycles. The van der Waals surface area contributed by atoms with Gasteiger partial charge < -0.3 is 5.32 Å². The van der Waals surface area contributed by atoms with Gasteiger partial charge in [0.2, 0.25) is 0 Å². The third-order valence-corrected chi connectivity index (χ3v) is 3.47. The molecule has 0 aromatic heterocycles. The van der Waals surface area contributed by atoms with Crippen molar-refractivity contribution in [3.8, 4) is 0 Å². The Morgan fingerprint density at radius 2 is 1.81 bits per heavy atom. The topological polar surface area (TPSA) is 12.0 Å². The zero-order valence-electron chi connectivity index (χ0n) is 10.4. The summed E-state index contributed by atoms with van der Waals surface area (Å²) in [5, 5.41) is 2.83. The van der Waals surface area contributed by atoms with Crippen LogP contribution in [0, 0.1) is 5.82 Å². The van der Waals surface area contributed by atoms with Gasteiger partial charge in [-0.05, 0) is 42.0 Å².